The molecule has 0 atom stereocenters. The molecule has 0 bridgehead atoms. The van der Waals surface area contributed by atoms with Crippen LogP contribution in [-0.2, 0) is 4.74 Å². The molecular formula is C14H13NO3. The number of methoxy groups -OCH3 is 1. The fourth-order valence-corrected chi connectivity index (χ4v) is 1.60. The first-order valence-electron chi connectivity index (χ1n) is 5.44. The van der Waals surface area contributed by atoms with Crippen molar-refractivity contribution in [2.45, 2.75) is 0 Å². The number of hydrogen-bond acceptors (Lipinski definition) is 4. The molecule has 0 unspecified atom stereocenters. The predicted molar refractivity (Wildman–Crippen MR) is 69.2 cm³/mol. The summed E-state index contributed by atoms with van der Waals surface area (Å²) in [6.07, 6.45) is 0. The minimum atomic E-state index is -0.423. The molecule has 18 heavy (non-hydrogen) atoms. The molecule has 92 valence electrons. The zero-order chi connectivity index (χ0) is 13.0. The van der Waals surface area contributed by atoms with Gasteiger partial charge in [0, 0.05) is 0 Å². The maximum atomic E-state index is 11.6. The molecule has 0 aliphatic heterocycles. The lowest BCUT2D eigenvalue weighted by Gasteiger charge is -2.11. The summed E-state index contributed by atoms with van der Waals surface area (Å²) in [5.41, 5.74) is 1.54. The number of benzene rings is 2. The van der Waals surface area contributed by atoms with Crippen LogP contribution in [-0.4, -0.2) is 18.2 Å². The van der Waals surface area contributed by atoms with Crippen LogP contribution in [0.2, 0.25) is 0 Å². The van der Waals surface area contributed by atoms with Crippen LogP contribution in [0.4, 0.5) is 11.4 Å². The number of nitrogens with one attached hydrogen (secondary N) is 1. The molecule has 4 heteroatoms. The molecule has 0 aromatic heterocycles. The zero-order valence-corrected chi connectivity index (χ0v) is 9.88. The summed E-state index contributed by atoms with van der Waals surface area (Å²) in [5, 5.41) is 12.7. The van der Waals surface area contributed by atoms with Crippen LogP contribution in [0.5, 0.6) is 5.75 Å². The molecule has 0 spiro atoms. The number of carbonyl (C=O) groups is 1. The molecule has 0 heterocycles. The number of hydrogen-bond donors (Lipinski definition) is 2. The first-order valence-corrected chi connectivity index (χ1v) is 5.44. The number of rotatable bonds is 3. The van der Waals surface area contributed by atoms with Gasteiger partial charge in [-0.3, -0.25) is 0 Å². The highest BCUT2D eigenvalue weighted by Gasteiger charge is 2.11. The lowest BCUT2D eigenvalue weighted by Crippen LogP contribution is -2.05. The third-order valence-corrected chi connectivity index (χ3v) is 2.51. The number of para-hydroxylation sites is 3. The van der Waals surface area contributed by atoms with Gasteiger partial charge in [0.1, 0.15) is 5.75 Å². The summed E-state index contributed by atoms with van der Waals surface area (Å²) in [6, 6.07) is 13.8. The van der Waals surface area contributed by atoms with Crippen molar-refractivity contribution < 1.29 is 14.6 Å². The summed E-state index contributed by atoms with van der Waals surface area (Å²) in [6.45, 7) is 0. The Hall–Kier alpha value is -2.49. The third kappa shape index (κ3) is 2.43. The summed E-state index contributed by atoms with van der Waals surface area (Å²) in [5.74, 6) is -0.300. The summed E-state index contributed by atoms with van der Waals surface area (Å²) in [4.78, 5) is 11.6. The van der Waals surface area contributed by atoms with E-state index in [0.717, 1.165) is 0 Å². The first-order chi connectivity index (χ1) is 8.72. The molecule has 0 radical (unpaired) electrons. The lowest BCUT2D eigenvalue weighted by atomic mass is 10.1. The Labute approximate surface area is 105 Å². The number of ether oxygens (including phenoxy) is 1. The van der Waals surface area contributed by atoms with Gasteiger partial charge in [0.15, 0.2) is 0 Å². The number of carbonyl (C=O) groups excluding carboxylic acids is 1. The maximum Gasteiger partial charge on any atom is 0.339 e. The van der Waals surface area contributed by atoms with E-state index in [1.807, 2.05) is 0 Å². The van der Waals surface area contributed by atoms with Gasteiger partial charge in [0.05, 0.1) is 24.0 Å². The Kier molecular flexibility index (Phi) is 3.48. The molecule has 0 saturated carbocycles. The third-order valence-electron chi connectivity index (χ3n) is 2.51. The van der Waals surface area contributed by atoms with Crippen LogP contribution in [0.15, 0.2) is 48.5 Å². The van der Waals surface area contributed by atoms with E-state index in [1.54, 1.807) is 48.5 Å². The van der Waals surface area contributed by atoms with Gasteiger partial charge in [-0.2, -0.15) is 0 Å². The highest BCUT2D eigenvalue weighted by molar-refractivity contribution is 5.96. The van der Waals surface area contributed by atoms with Crippen LogP contribution < -0.4 is 5.32 Å². The van der Waals surface area contributed by atoms with Crippen molar-refractivity contribution in [3.63, 3.8) is 0 Å². The summed E-state index contributed by atoms with van der Waals surface area (Å²) >= 11 is 0. The Morgan fingerprint density at radius 1 is 1.06 bits per heavy atom. The number of aromatic hydroxyl groups is 1. The van der Waals surface area contributed by atoms with Gasteiger partial charge in [-0.15, -0.1) is 0 Å². The van der Waals surface area contributed by atoms with Crippen LogP contribution >= 0.6 is 0 Å². The van der Waals surface area contributed by atoms with Crippen molar-refractivity contribution in [1.82, 2.24) is 0 Å². The first kappa shape index (κ1) is 12.0. The Morgan fingerprint density at radius 2 is 1.67 bits per heavy atom. The van der Waals surface area contributed by atoms with Crippen molar-refractivity contribution in [2.75, 3.05) is 12.4 Å². The topological polar surface area (TPSA) is 58.6 Å². The normalized spacial score (nSPS) is 9.83. The van der Waals surface area contributed by atoms with E-state index in [-0.39, 0.29) is 5.75 Å². The minimum Gasteiger partial charge on any atom is -0.506 e. The Morgan fingerprint density at radius 3 is 2.33 bits per heavy atom. The van der Waals surface area contributed by atoms with E-state index < -0.39 is 5.97 Å². The van der Waals surface area contributed by atoms with Crippen LogP contribution in [0.3, 0.4) is 0 Å². The highest BCUT2D eigenvalue weighted by atomic mass is 16.5. The molecule has 2 N–H and O–H groups in total. The molecule has 2 aromatic carbocycles. The van der Waals surface area contributed by atoms with E-state index in [4.69, 9.17) is 4.74 Å². The minimum absolute atomic E-state index is 0.122. The highest BCUT2D eigenvalue weighted by Crippen LogP contribution is 2.27. The predicted octanol–water partition coefficient (Wildman–Crippen LogP) is 2.92. The van der Waals surface area contributed by atoms with E-state index in [9.17, 15) is 9.90 Å². The van der Waals surface area contributed by atoms with Crippen molar-refractivity contribution in [3.05, 3.63) is 54.1 Å². The molecule has 2 rings (SSSR count). The van der Waals surface area contributed by atoms with Crippen LogP contribution in [0.1, 0.15) is 10.4 Å². The van der Waals surface area contributed by atoms with E-state index in [2.05, 4.69) is 5.32 Å². The maximum absolute atomic E-state index is 11.6. The SMILES string of the molecule is COC(=O)c1ccccc1Nc1ccccc1O. The van der Waals surface area contributed by atoms with Crippen molar-refractivity contribution >= 4 is 17.3 Å². The standard InChI is InChI=1S/C14H13NO3/c1-18-14(17)10-6-2-3-7-11(10)15-12-8-4-5-9-13(12)16/h2-9,15-16H,1H3. The second-order valence-corrected chi connectivity index (χ2v) is 3.68. The van der Waals surface area contributed by atoms with E-state index in [0.29, 0.717) is 16.9 Å². The van der Waals surface area contributed by atoms with Gasteiger partial charge in [0.2, 0.25) is 0 Å². The van der Waals surface area contributed by atoms with E-state index in [1.165, 1.54) is 7.11 Å². The molecule has 0 amide bonds. The van der Waals surface area contributed by atoms with Gasteiger partial charge in [0.25, 0.3) is 0 Å². The lowest BCUT2D eigenvalue weighted by molar-refractivity contribution is 0.0602. The Bertz CT molecular complexity index is 566. The molecule has 4 nitrogen and oxygen atoms in total. The summed E-state index contributed by atoms with van der Waals surface area (Å²) in [7, 11) is 1.33. The van der Waals surface area contributed by atoms with Crippen LogP contribution in [0, 0.1) is 0 Å². The van der Waals surface area contributed by atoms with Gasteiger partial charge in [-0.05, 0) is 24.3 Å². The molecule has 0 aliphatic carbocycles. The zero-order valence-electron chi connectivity index (χ0n) is 9.88. The average molecular weight is 243 g/mol. The van der Waals surface area contributed by atoms with Crippen LogP contribution in [0.25, 0.3) is 0 Å². The summed E-state index contributed by atoms with van der Waals surface area (Å²) < 4.78 is 4.70. The fraction of sp³-hybridized carbons (Fsp3) is 0.0714. The van der Waals surface area contributed by atoms with Gasteiger partial charge in [-0.1, -0.05) is 24.3 Å². The number of phenolic OH excluding ortho intramolecular Hbond substituents is 1. The molecule has 2 aromatic rings. The molecule has 0 aliphatic rings. The van der Waals surface area contributed by atoms with Crippen molar-refractivity contribution in [3.8, 4) is 5.75 Å². The van der Waals surface area contributed by atoms with Crippen molar-refractivity contribution in [2.24, 2.45) is 0 Å². The van der Waals surface area contributed by atoms with Gasteiger partial charge in [-0.25, -0.2) is 4.79 Å². The largest absolute Gasteiger partial charge is 0.506 e. The second kappa shape index (κ2) is 5.23. The quantitative estimate of drug-likeness (QED) is 0.642. The molecular weight excluding hydrogens is 230 g/mol. The fourth-order valence-electron chi connectivity index (χ4n) is 1.60. The monoisotopic (exact) mass is 243 g/mol. The van der Waals surface area contributed by atoms with Gasteiger partial charge >= 0.3 is 5.97 Å². The second-order valence-electron chi connectivity index (χ2n) is 3.68. The average Bonchev–Trinajstić information content (AvgIpc) is 2.41. The smallest absolute Gasteiger partial charge is 0.339 e. The van der Waals surface area contributed by atoms with E-state index >= 15 is 0 Å². The van der Waals surface area contributed by atoms with Crippen molar-refractivity contribution in [1.29, 1.82) is 0 Å². The molecule has 0 saturated heterocycles. The molecule has 0 fully saturated rings. The van der Waals surface area contributed by atoms with Gasteiger partial charge < -0.3 is 15.2 Å². The number of esters is 1. The number of anilines is 2. The Balaban J connectivity index is 2.35. The number of phenols is 1.